The SMILES string of the molecule is NC(=O)[C@H](CCC(=O)O)NC(=O)c1cccc2ccccc12. The smallest absolute Gasteiger partial charge is 0.303 e. The van der Waals surface area contributed by atoms with Gasteiger partial charge < -0.3 is 16.2 Å². The Morgan fingerprint density at radius 3 is 2.45 bits per heavy atom. The number of hydrogen-bond donors (Lipinski definition) is 3. The number of carboxylic acid groups (broad SMARTS) is 1. The minimum Gasteiger partial charge on any atom is -0.481 e. The molecule has 0 aromatic heterocycles. The van der Waals surface area contributed by atoms with Gasteiger partial charge in [-0.1, -0.05) is 36.4 Å². The first kappa shape index (κ1) is 15.5. The lowest BCUT2D eigenvalue weighted by atomic mass is 10.0. The Hall–Kier alpha value is -2.89. The molecule has 2 aromatic carbocycles. The molecule has 6 heteroatoms. The number of primary amides is 1. The van der Waals surface area contributed by atoms with E-state index in [-0.39, 0.29) is 12.8 Å². The summed E-state index contributed by atoms with van der Waals surface area (Å²) in [5.74, 6) is -2.26. The molecule has 114 valence electrons. The van der Waals surface area contributed by atoms with E-state index in [0.29, 0.717) is 5.56 Å². The molecule has 2 amide bonds. The summed E-state index contributed by atoms with van der Waals surface area (Å²) >= 11 is 0. The molecule has 6 nitrogen and oxygen atoms in total. The third kappa shape index (κ3) is 3.60. The number of carbonyl (C=O) groups excluding carboxylic acids is 2. The number of aliphatic carboxylic acids is 1. The highest BCUT2D eigenvalue weighted by Crippen LogP contribution is 2.18. The zero-order chi connectivity index (χ0) is 16.1. The fraction of sp³-hybridized carbons (Fsp3) is 0.188. The van der Waals surface area contributed by atoms with Gasteiger partial charge in [0.05, 0.1) is 0 Å². The van der Waals surface area contributed by atoms with E-state index in [0.717, 1.165) is 10.8 Å². The van der Waals surface area contributed by atoms with Gasteiger partial charge in [0.1, 0.15) is 6.04 Å². The molecule has 0 spiro atoms. The van der Waals surface area contributed by atoms with Gasteiger partial charge in [0.2, 0.25) is 5.91 Å². The summed E-state index contributed by atoms with van der Waals surface area (Å²) in [6.45, 7) is 0. The van der Waals surface area contributed by atoms with Gasteiger partial charge in [-0.05, 0) is 23.3 Å². The van der Waals surface area contributed by atoms with Crippen molar-refractivity contribution in [2.75, 3.05) is 0 Å². The van der Waals surface area contributed by atoms with Crippen molar-refractivity contribution >= 4 is 28.6 Å². The first-order valence-electron chi connectivity index (χ1n) is 6.79. The predicted molar refractivity (Wildman–Crippen MR) is 81.3 cm³/mol. The third-order valence-electron chi connectivity index (χ3n) is 3.33. The quantitative estimate of drug-likeness (QED) is 0.746. The summed E-state index contributed by atoms with van der Waals surface area (Å²) in [6, 6.07) is 11.6. The van der Waals surface area contributed by atoms with Crippen LogP contribution in [0.1, 0.15) is 23.2 Å². The number of nitrogens with one attached hydrogen (secondary N) is 1. The van der Waals surface area contributed by atoms with E-state index >= 15 is 0 Å². The van der Waals surface area contributed by atoms with Gasteiger partial charge in [0.15, 0.2) is 0 Å². The Morgan fingerprint density at radius 1 is 1.09 bits per heavy atom. The van der Waals surface area contributed by atoms with Crippen molar-refractivity contribution in [1.29, 1.82) is 0 Å². The molecule has 0 aliphatic heterocycles. The molecule has 22 heavy (non-hydrogen) atoms. The number of benzene rings is 2. The lowest BCUT2D eigenvalue weighted by molar-refractivity contribution is -0.137. The first-order valence-corrected chi connectivity index (χ1v) is 6.79. The molecular formula is C16H16N2O4. The molecule has 0 unspecified atom stereocenters. The number of fused-ring (bicyclic) bond motifs is 1. The number of carboxylic acids is 1. The van der Waals surface area contributed by atoms with Gasteiger partial charge in [-0.15, -0.1) is 0 Å². The van der Waals surface area contributed by atoms with Gasteiger partial charge >= 0.3 is 5.97 Å². The zero-order valence-corrected chi connectivity index (χ0v) is 11.8. The lowest BCUT2D eigenvalue weighted by Crippen LogP contribution is -2.44. The summed E-state index contributed by atoms with van der Waals surface area (Å²) < 4.78 is 0. The second kappa shape index (κ2) is 6.71. The fourth-order valence-electron chi connectivity index (χ4n) is 2.21. The van der Waals surface area contributed by atoms with E-state index in [4.69, 9.17) is 10.8 Å². The summed E-state index contributed by atoms with van der Waals surface area (Å²) in [5, 5.41) is 12.8. The Morgan fingerprint density at radius 2 is 1.77 bits per heavy atom. The van der Waals surface area contributed by atoms with Crippen molar-refractivity contribution in [3.8, 4) is 0 Å². The van der Waals surface area contributed by atoms with Gasteiger partial charge in [-0.2, -0.15) is 0 Å². The van der Waals surface area contributed by atoms with Crippen LogP contribution < -0.4 is 11.1 Å². The van der Waals surface area contributed by atoms with E-state index < -0.39 is 23.8 Å². The van der Waals surface area contributed by atoms with E-state index in [1.165, 1.54) is 0 Å². The summed E-state index contributed by atoms with van der Waals surface area (Å²) in [7, 11) is 0. The molecule has 0 aliphatic rings. The highest BCUT2D eigenvalue weighted by atomic mass is 16.4. The van der Waals surface area contributed by atoms with Crippen LogP contribution >= 0.6 is 0 Å². The van der Waals surface area contributed by atoms with Gasteiger partial charge in [0, 0.05) is 12.0 Å². The molecule has 0 aliphatic carbocycles. The van der Waals surface area contributed by atoms with Gasteiger partial charge in [0.25, 0.3) is 5.91 Å². The molecule has 0 bridgehead atoms. The van der Waals surface area contributed by atoms with Crippen LogP contribution in [0.5, 0.6) is 0 Å². The van der Waals surface area contributed by atoms with Crippen LogP contribution in [0, 0.1) is 0 Å². The normalized spacial score (nSPS) is 11.8. The number of nitrogens with two attached hydrogens (primary N) is 1. The minimum absolute atomic E-state index is 0.0405. The maximum atomic E-state index is 12.4. The standard InChI is InChI=1S/C16H16N2O4/c17-15(21)13(8-9-14(19)20)18-16(22)12-7-3-5-10-4-1-2-6-11(10)12/h1-7,13H,8-9H2,(H2,17,21)(H,18,22)(H,19,20)/t13-/m0/s1. The van der Waals surface area contributed by atoms with E-state index in [9.17, 15) is 14.4 Å². The lowest BCUT2D eigenvalue weighted by Gasteiger charge is -2.15. The average molecular weight is 300 g/mol. The minimum atomic E-state index is -1.05. The van der Waals surface area contributed by atoms with Gasteiger partial charge in [-0.25, -0.2) is 0 Å². The third-order valence-corrected chi connectivity index (χ3v) is 3.33. The molecule has 0 saturated carbocycles. The molecule has 0 fully saturated rings. The Bertz CT molecular complexity index is 722. The fourth-order valence-corrected chi connectivity index (χ4v) is 2.21. The largest absolute Gasteiger partial charge is 0.481 e. The maximum Gasteiger partial charge on any atom is 0.303 e. The van der Waals surface area contributed by atoms with E-state index in [1.54, 1.807) is 18.2 Å². The van der Waals surface area contributed by atoms with Crippen molar-refractivity contribution in [1.82, 2.24) is 5.32 Å². The molecular weight excluding hydrogens is 284 g/mol. The molecule has 0 radical (unpaired) electrons. The Kier molecular flexibility index (Phi) is 4.73. The second-order valence-electron chi connectivity index (χ2n) is 4.89. The number of amides is 2. The summed E-state index contributed by atoms with van der Waals surface area (Å²) in [6.07, 6.45) is -0.287. The zero-order valence-electron chi connectivity index (χ0n) is 11.8. The van der Waals surface area contributed by atoms with Crippen LogP contribution in [0.2, 0.25) is 0 Å². The molecule has 0 heterocycles. The Balaban J connectivity index is 2.22. The van der Waals surface area contributed by atoms with Crippen LogP contribution in [0.4, 0.5) is 0 Å². The summed E-state index contributed by atoms with van der Waals surface area (Å²) in [4.78, 5) is 34.3. The van der Waals surface area contributed by atoms with Crippen LogP contribution in [0.15, 0.2) is 42.5 Å². The van der Waals surface area contributed by atoms with Crippen molar-refractivity contribution in [3.63, 3.8) is 0 Å². The van der Waals surface area contributed by atoms with E-state index in [1.807, 2.05) is 24.3 Å². The Labute approximate surface area is 126 Å². The molecule has 2 rings (SSSR count). The average Bonchev–Trinajstić information content (AvgIpc) is 2.50. The van der Waals surface area contributed by atoms with Crippen molar-refractivity contribution < 1.29 is 19.5 Å². The van der Waals surface area contributed by atoms with Crippen LogP contribution in [-0.4, -0.2) is 28.9 Å². The first-order chi connectivity index (χ1) is 10.5. The van der Waals surface area contributed by atoms with Crippen LogP contribution in [0.25, 0.3) is 10.8 Å². The monoisotopic (exact) mass is 300 g/mol. The summed E-state index contributed by atoms with van der Waals surface area (Å²) in [5.41, 5.74) is 5.63. The van der Waals surface area contributed by atoms with Crippen LogP contribution in [0.3, 0.4) is 0 Å². The molecule has 2 aromatic rings. The molecule has 1 atom stereocenters. The van der Waals surface area contributed by atoms with Crippen LogP contribution in [-0.2, 0) is 9.59 Å². The molecule has 4 N–H and O–H groups in total. The highest BCUT2D eigenvalue weighted by Gasteiger charge is 2.20. The van der Waals surface area contributed by atoms with Crippen molar-refractivity contribution in [3.05, 3.63) is 48.0 Å². The second-order valence-corrected chi connectivity index (χ2v) is 4.89. The highest BCUT2D eigenvalue weighted by molar-refractivity contribution is 6.08. The van der Waals surface area contributed by atoms with Crippen molar-refractivity contribution in [2.24, 2.45) is 5.73 Å². The number of carbonyl (C=O) groups is 3. The number of rotatable bonds is 6. The van der Waals surface area contributed by atoms with Crippen molar-refractivity contribution in [2.45, 2.75) is 18.9 Å². The van der Waals surface area contributed by atoms with Gasteiger partial charge in [-0.3, -0.25) is 14.4 Å². The number of hydrogen-bond acceptors (Lipinski definition) is 3. The maximum absolute atomic E-state index is 12.4. The van der Waals surface area contributed by atoms with E-state index in [2.05, 4.69) is 5.32 Å². The topological polar surface area (TPSA) is 109 Å². The molecule has 0 saturated heterocycles. The predicted octanol–water partition coefficient (Wildman–Crippen LogP) is 1.29.